The number of methoxy groups -OCH3 is 1. The predicted molar refractivity (Wildman–Crippen MR) is 95.0 cm³/mol. The third kappa shape index (κ3) is 2.96. The van der Waals surface area contributed by atoms with E-state index in [4.69, 9.17) is 9.47 Å². The minimum atomic E-state index is -0.00384. The maximum Gasteiger partial charge on any atom is 0.257 e. The second-order valence-electron chi connectivity index (χ2n) is 6.68. The Morgan fingerprint density at radius 3 is 2.64 bits per heavy atom. The minimum absolute atomic E-state index is 0.00384. The van der Waals surface area contributed by atoms with E-state index in [1.165, 1.54) is 5.56 Å². The Morgan fingerprint density at radius 1 is 1.12 bits per heavy atom. The zero-order valence-electron chi connectivity index (χ0n) is 14.5. The molecule has 130 valence electrons. The van der Waals surface area contributed by atoms with Crippen LogP contribution in [0, 0.1) is 0 Å². The zero-order valence-corrected chi connectivity index (χ0v) is 14.5. The van der Waals surface area contributed by atoms with Crippen LogP contribution in [0.25, 0.3) is 0 Å². The monoisotopic (exact) mass is 338 g/mol. The van der Waals surface area contributed by atoms with Crippen molar-refractivity contribution >= 4 is 5.91 Å². The molecular formula is C20H22N2O3. The summed E-state index contributed by atoms with van der Waals surface area (Å²) in [6.45, 7) is 2.46. The lowest BCUT2D eigenvalue weighted by molar-refractivity contribution is 0.0682. The highest BCUT2D eigenvalue weighted by Crippen LogP contribution is 2.31. The molecule has 2 aliphatic heterocycles. The first kappa shape index (κ1) is 16.0. The van der Waals surface area contributed by atoms with Crippen molar-refractivity contribution in [3.05, 3.63) is 59.7 Å². The molecule has 2 aliphatic rings. The quantitative estimate of drug-likeness (QED) is 0.862. The maximum atomic E-state index is 12.7. The number of hydrogen-bond acceptors (Lipinski definition) is 4. The van der Waals surface area contributed by atoms with E-state index in [0.717, 1.165) is 25.4 Å². The number of ether oxygens (including phenoxy) is 2. The zero-order chi connectivity index (χ0) is 17.4. The molecule has 5 nitrogen and oxygen atoms in total. The van der Waals surface area contributed by atoms with Crippen LogP contribution in [0.1, 0.15) is 15.9 Å². The van der Waals surface area contributed by atoms with Crippen molar-refractivity contribution in [1.29, 1.82) is 0 Å². The molecule has 2 aromatic rings. The summed E-state index contributed by atoms with van der Waals surface area (Å²) in [6.07, 6.45) is -0.00384. The van der Waals surface area contributed by atoms with E-state index in [2.05, 4.69) is 17.0 Å². The van der Waals surface area contributed by atoms with Crippen molar-refractivity contribution in [2.45, 2.75) is 18.7 Å². The van der Waals surface area contributed by atoms with Crippen LogP contribution in [0.15, 0.2) is 48.5 Å². The topological polar surface area (TPSA) is 42.0 Å². The van der Waals surface area contributed by atoms with Crippen LogP contribution < -0.4 is 9.47 Å². The molecule has 0 unspecified atom stereocenters. The molecule has 1 fully saturated rings. The second kappa shape index (κ2) is 6.41. The fourth-order valence-corrected chi connectivity index (χ4v) is 3.69. The highest BCUT2D eigenvalue weighted by molar-refractivity contribution is 5.97. The molecule has 5 heteroatoms. The van der Waals surface area contributed by atoms with E-state index in [1.807, 2.05) is 48.3 Å². The molecular weight excluding hydrogens is 316 g/mol. The van der Waals surface area contributed by atoms with Crippen LogP contribution in [0.3, 0.4) is 0 Å². The Labute approximate surface area is 147 Å². The average molecular weight is 338 g/mol. The van der Waals surface area contributed by atoms with Gasteiger partial charge >= 0.3 is 0 Å². The molecule has 0 N–H and O–H groups in total. The van der Waals surface area contributed by atoms with E-state index in [0.29, 0.717) is 11.3 Å². The lowest BCUT2D eigenvalue weighted by Crippen LogP contribution is -2.44. The van der Waals surface area contributed by atoms with E-state index >= 15 is 0 Å². The number of rotatable bonds is 3. The molecule has 0 saturated carbocycles. The molecule has 1 saturated heterocycles. The predicted octanol–water partition coefficient (Wildman–Crippen LogP) is 2.41. The van der Waals surface area contributed by atoms with Crippen molar-refractivity contribution in [2.24, 2.45) is 0 Å². The van der Waals surface area contributed by atoms with Gasteiger partial charge in [-0.3, -0.25) is 9.69 Å². The number of nitrogens with zero attached hydrogens (tertiary/aromatic N) is 2. The van der Waals surface area contributed by atoms with E-state index in [1.54, 1.807) is 7.11 Å². The Balaban J connectivity index is 1.52. The van der Waals surface area contributed by atoms with Gasteiger partial charge in [-0.1, -0.05) is 24.3 Å². The molecule has 1 amide bonds. The standard InChI is InChI=1S/C20H22N2O3/c1-21-17-12-22(11-14-7-9-15(24-2)10-8-14)13-19(17)25-18-6-4-3-5-16(18)20(21)23/h3-10,17,19H,11-13H2,1-2H3/t17-,19+/m1/s1. The van der Waals surface area contributed by atoms with Gasteiger partial charge in [0.2, 0.25) is 0 Å². The van der Waals surface area contributed by atoms with Gasteiger partial charge in [0.1, 0.15) is 17.6 Å². The van der Waals surface area contributed by atoms with Gasteiger partial charge in [-0.2, -0.15) is 0 Å². The number of carbonyl (C=O) groups excluding carboxylic acids is 1. The molecule has 2 aromatic carbocycles. The van der Waals surface area contributed by atoms with Crippen LogP contribution in [-0.4, -0.2) is 55.1 Å². The van der Waals surface area contributed by atoms with Gasteiger partial charge in [-0.25, -0.2) is 0 Å². The van der Waals surface area contributed by atoms with Crippen molar-refractivity contribution < 1.29 is 14.3 Å². The Bertz CT molecular complexity index is 775. The lowest BCUT2D eigenvalue weighted by Gasteiger charge is -2.25. The summed E-state index contributed by atoms with van der Waals surface area (Å²) in [4.78, 5) is 16.9. The van der Waals surface area contributed by atoms with Crippen LogP contribution in [0.4, 0.5) is 0 Å². The van der Waals surface area contributed by atoms with Gasteiger partial charge < -0.3 is 14.4 Å². The first-order chi connectivity index (χ1) is 12.2. The summed E-state index contributed by atoms with van der Waals surface area (Å²) >= 11 is 0. The van der Waals surface area contributed by atoms with Gasteiger partial charge in [0, 0.05) is 26.7 Å². The largest absolute Gasteiger partial charge is 0.497 e. The van der Waals surface area contributed by atoms with E-state index < -0.39 is 0 Å². The molecule has 0 aromatic heterocycles. The Hall–Kier alpha value is -2.53. The first-order valence-electron chi connectivity index (χ1n) is 8.54. The summed E-state index contributed by atoms with van der Waals surface area (Å²) in [5.74, 6) is 1.59. The third-order valence-corrected chi connectivity index (χ3v) is 5.09. The van der Waals surface area contributed by atoms with Gasteiger partial charge in [-0.15, -0.1) is 0 Å². The number of likely N-dealkylation sites (N-methyl/N-ethyl adjacent to an activating group) is 1. The summed E-state index contributed by atoms with van der Waals surface area (Å²) in [5.41, 5.74) is 1.88. The molecule has 4 rings (SSSR count). The number of para-hydroxylation sites is 1. The summed E-state index contributed by atoms with van der Waals surface area (Å²) in [5, 5.41) is 0. The Morgan fingerprint density at radius 2 is 1.88 bits per heavy atom. The van der Waals surface area contributed by atoms with Crippen LogP contribution in [0.2, 0.25) is 0 Å². The fraction of sp³-hybridized carbons (Fsp3) is 0.350. The van der Waals surface area contributed by atoms with E-state index in [-0.39, 0.29) is 18.1 Å². The van der Waals surface area contributed by atoms with Gasteiger partial charge in [0.25, 0.3) is 5.91 Å². The van der Waals surface area contributed by atoms with Crippen LogP contribution >= 0.6 is 0 Å². The van der Waals surface area contributed by atoms with Crippen molar-refractivity contribution in [2.75, 3.05) is 27.2 Å². The number of hydrogen-bond donors (Lipinski definition) is 0. The lowest BCUT2D eigenvalue weighted by atomic mass is 10.1. The second-order valence-corrected chi connectivity index (χ2v) is 6.68. The normalized spacial score (nSPS) is 22.8. The minimum Gasteiger partial charge on any atom is -0.497 e. The molecule has 2 atom stereocenters. The molecule has 25 heavy (non-hydrogen) atoms. The van der Waals surface area contributed by atoms with Crippen molar-refractivity contribution in [1.82, 2.24) is 9.80 Å². The SMILES string of the molecule is COc1ccc(CN2C[C@@H]3Oc4ccccc4C(=O)N(C)[C@@H]3C2)cc1. The average Bonchev–Trinajstić information content (AvgIpc) is 3.00. The van der Waals surface area contributed by atoms with Gasteiger partial charge in [0.15, 0.2) is 0 Å². The molecule has 2 heterocycles. The highest BCUT2D eigenvalue weighted by atomic mass is 16.5. The van der Waals surface area contributed by atoms with Gasteiger partial charge in [-0.05, 0) is 29.8 Å². The van der Waals surface area contributed by atoms with Crippen molar-refractivity contribution in [3.8, 4) is 11.5 Å². The fourth-order valence-electron chi connectivity index (χ4n) is 3.69. The molecule has 0 bridgehead atoms. The first-order valence-corrected chi connectivity index (χ1v) is 8.54. The van der Waals surface area contributed by atoms with Crippen LogP contribution in [-0.2, 0) is 6.54 Å². The number of fused-ring (bicyclic) bond motifs is 2. The third-order valence-electron chi connectivity index (χ3n) is 5.09. The Kier molecular flexibility index (Phi) is 4.09. The maximum absolute atomic E-state index is 12.7. The number of amides is 1. The number of carbonyl (C=O) groups is 1. The van der Waals surface area contributed by atoms with Crippen LogP contribution in [0.5, 0.6) is 11.5 Å². The highest BCUT2D eigenvalue weighted by Gasteiger charge is 2.41. The van der Waals surface area contributed by atoms with Gasteiger partial charge in [0.05, 0.1) is 18.7 Å². The molecule has 0 aliphatic carbocycles. The molecule has 0 spiro atoms. The summed E-state index contributed by atoms with van der Waals surface area (Å²) in [7, 11) is 3.55. The van der Waals surface area contributed by atoms with E-state index in [9.17, 15) is 4.79 Å². The summed E-state index contributed by atoms with van der Waals surface area (Å²) < 4.78 is 11.4. The number of benzene rings is 2. The summed E-state index contributed by atoms with van der Waals surface area (Å²) in [6, 6.07) is 15.7. The smallest absolute Gasteiger partial charge is 0.257 e. The van der Waals surface area contributed by atoms with Crippen molar-refractivity contribution in [3.63, 3.8) is 0 Å². The number of likely N-dealkylation sites (tertiary alicyclic amines) is 1. The molecule has 0 radical (unpaired) electrons.